The predicted molar refractivity (Wildman–Crippen MR) is 58.4 cm³/mol. The Balaban J connectivity index is 2.95. The normalized spacial score (nSPS) is 10.7. The Hall–Kier alpha value is -1.29. The van der Waals surface area contributed by atoms with Crippen molar-refractivity contribution in [1.82, 2.24) is 4.40 Å². The Morgan fingerprint density at radius 2 is 2.21 bits per heavy atom. The van der Waals surface area contributed by atoms with Gasteiger partial charge >= 0.3 is 0 Å². The number of rotatable bonds is 1. The van der Waals surface area contributed by atoms with Gasteiger partial charge in [-0.3, -0.25) is 4.79 Å². The van der Waals surface area contributed by atoms with E-state index in [1.165, 1.54) is 0 Å². The molecule has 0 spiro atoms. The van der Waals surface area contributed by atoms with E-state index in [1.54, 1.807) is 4.40 Å². The van der Waals surface area contributed by atoms with Crippen LogP contribution in [0.15, 0.2) is 28.9 Å². The SMILES string of the molecule is Cc1c(Br)c2ccccn2c1C(N)=O. The molecule has 3 nitrogen and oxygen atoms in total. The molecule has 2 heterocycles. The lowest BCUT2D eigenvalue weighted by Gasteiger charge is -1.97. The highest BCUT2D eigenvalue weighted by molar-refractivity contribution is 9.10. The summed E-state index contributed by atoms with van der Waals surface area (Å²) < 4.78 is 2.72. The van der Waals surface area contributed by atoms with Gasteiger partial charge in [-0.05, 0) is 40.5 Å². The van der Waals surface area contributed by atoms with Crippen LogP contribution in [0.2, 0.25) is 0 Å². The van der Waals surface area contributed by atoms with E-state index in [-0.39, 0.29) is 0 Å². The van der Waals surface area contributed by atoms with Crippen LogP contribution in [0.3, 0.4) is 0 Å². The van der Waals surface area contributed by atoms with Crippen molar-refractivity contribution >= 4 is 27.4 Å². The minimum atomic E-state index is -0.408. The lowest BCUT2D eigenvalue weighted by Crippen LogP contribution is -2.14. The van der Waals surface area contributed by atoms with Crippen molar-refractivity contribution in [3.8, 4) is 0 Å². The van der Waals surface area contributed by atoms with Crippen LogP contribution in [0.25, 0.3) is 5.52 Å². The maximum Gasteiger partial charge on any atom is 0.266 e. The summed E-state index contributed by atoms with van der Waals surface area (Å²) in [6.45, 7) is 1.87. The first-order valence-corrected chi connectivity index (χ1v) is 4.97. The van der Waals surface area contributed by atoms with Crippen molar-refractivity contribution in [2.75, 3.05) is 0 Å². The van der Waals surface area contributed by atoms with Crippen molar-refractivity contribution in [3.05, 3.63) is 40.1 Å². The third-order valence-electron chi connectivity index (χ3n) is 2.24. The van der Waals surface area contributed by atoms with Gasteiger partial charge in [0, 0.05) is 10.7 Å². The zero-order chi connectivity index (χ0) is 10.3. The van der Waals surface area contributed by atoms with E-state index in [9.17, 15) is 4.79 Å². The number of halogens is 1. The number of hydrogen-bond donors (Lipinski definition) is 1. The van der Waals surface area contributed by atoms with Crippen LogP contribution in [0, 0.1) is 6.92 Å². The number of aromatic nitrogens is 1. The van der Waals surface area contributed by atoms with Gasteiger partial charge in [-0.25, -0.2) is 0 Å². The molecule has 1 amide bonds. The number of amides is 1. The molecule has 0 bridgehead atoms. The summed E-state index contributed by atoms with van der Waals surface area (Å²) in [5.41, 5.74) is 7.68. The summed E-state index contributed by atoms with van der Waals surface area (Å²) in [4.78, 5) is 11.2. The molecule has 14 heavy (non-hydrogen) atoms. The van der Waals surface area contributed by atoms with Gasteiger partial charge in [-0.15, -0.1) is 0 Å². The van der Waals surface area contributed by atoms with E-state index in [2.05, 4.69) is 15.9 Å². The second-order valence-corrected chi connectivity index (χ2v) is 3.90. The lowest BCUT2D eigenvalue weighted by atomic mass is 10.2. The molecule has 0 unspecified atom stereocenters. The van der Waals surface area contributed by atoms with Gasteiger partial charge in [0.1, 0.15) is 5.69 Å². The zero-order valence-corrected chi connectivity index (χ0v) is 9.21. The molecular formula is C10H9BrN2O. The van der Waals surface area contributed by atoms with Crippen molar-refractivity contribution in [1.29, 1.82) is 0 Å². The number of nitrogens with zero attached hydrogens (tertiary/aromatic N) is 1. The molecule has 2 aromatic heterocycles. The predicted octanol–water partition coefficient (Wildman–Crippen LogP) is 2.11. The molecule has 4 heteroatoms. The second-order valence-electron chi connectivity index (χ2n) is 3.11. The number of nitrogens with two attached hydrogens (primary N) is 1. The third kappa shape index (κ3) is 1.14. The summed E-state index contributed by atoms with van der Waals surface area (Å²) in [6.07, 6.45) is 1.83. The van der Waals surface area contributed by atoms with Crippen LogP contribution in [-0.4, -0.2) is 10.3 Å². The van der Waals surface area contributed by atoms with E-state index in [1.807, 2.05) is 31.3 Å². The minimum Gasteiger partial charge on any atom is -0.364 e. The van der Waals surface area contributed by atoms with Crippen LogP contribution in [-0.2, 0) is 0 Å². The quantitative estimate of drug-likeness (QED) is 0.831. The molecule has 2 aromatic rings. The zero-order valence-electron chi connectivity index (χ0n) is 7.62. The molecule has 0 aliphatic heterocycles. The summed E-state index contributed by atoms with van der Waals surface area (Å²) in [5.74, 6) is -0.408. The largest absolute Gasteiger partial charge is 0.364 e. The highest BCUT2D eigenvalue weighted by atomic mass is 79.9. The Morgan fingerprint density at radius 1 is 1.50 bits per heavy atom. The topological polar surface area (TPSA) is 47.5 Å². The fourth-order valence-electron chi connectivity index (χ4n) is 1.60. The molecule has 0 radical (unpaired) electrons. The molecule has 0 aromatic carbocycles. The average Bonchev–Trinajstić information content (AvgIpc) is 2.41. The molecule has 2 N–H and O–H groups in total. The van der Waals surface area contributed by atoms with E-state index in [0.717, 1.165) is 15.6 Å². The summed E-state index contributed by atoms with van der Waals surface area (Å²) in [6, 6.07) is 5.72. The summed E-state index contributed by atoms with van der Waals surface area (Å²) in [5, 5.41) is 0. The number of fused-ring (bicyclic) bond motifs is 1. The van der Waals surface area contributed by atoms with E-state index in [0.29, 0.717) is 5.69 Å². The molecule has 0 saturated heterocycles. The summed E-state index contributed by atoms with van der Waals surface area (Å²) in [7, 11) is 0. The van der Waals surface area contributed by atoms with E-state index >= 15 is 0 Å². The summed E-state index contributed by atoms with van der Waals surface area (Å²) >= 11 is 3.44. The van der Waals surface area contributed by atoms with Crippen LogP contribution >= 0.6 is 15.9 Å². The van der Waals surface area contributed by atoms with Gasteiger partial charge < -0.3 is 10.1 Å². The van der Waals surface area contributed by atoms with Crippen LogP contribution in [0.5, 0.6) is 0 Å². The Labute approximate surface area is 89.6 Å². The monoisotopic (exact) mass is 252 g/mol. The average molecular weight is 253 g/mol. The fourth-order valence-corrected chi connectivity index (χ4v) is 2.11. The minimum absolute atomic E-state index is 0.408. The number of carbonyl (C=O) groups excluding carboxylic acids is 1. The fraction of sp³-hybridized carbons (Fsp3) is 0.100. The molecule has 0 atom stereocenters. The van der Waals surface area contributed by atoms with Crippen LogP contribution in [0.1, 0.15) is 16.1 Å². The van der Waals surface area contributed by atoms with Gasteiger partial charge in [0.2, 0.25) is 0 Å². The molecule has 0 aliphatic carbocycles. The first-order chi connectivity index (χ1) is 6.63. The molecule has 72 valence electrons. The Morgan fingerprint density at radius 3 is 2.86 bits per heavy atom. The second kappa shape index (κ2) is 3.13. The first kappa shape index (κ1) is 9.27. The van der Waals surface area contributed by atoms with Gasteiger partial charge in [-0.1, -0.05) is 6.07 Å². The number of primary amides is 1. The smallest absolute Gasteiger partial charge is 0.266 e. The van der Waals surface area contributed by atoms with Crippen molar-refractivity contribution in [3.63, 3.8) is 0 Å². The maximum atomic E-state index is 11.2. The number of carbonyl (C=O) groups is 1. The van der Waals surface area contributed by atoms with Crippen LogP contribution in [0.4, 0.5) is 0 Å². The van der Waals surface area contributed by atoms with Gasteiger partial charge in [0.15, 0.2) is 0 Å². The van der Waals surface area contributed by atoms with E-state index in [4.69, 9.17) is 5.73 Å². The highest BCUT2D eigenvalue weighted by Gasteiger charge is 2.15. The number of hydrogen-bond acceptors (Lipinski definition) is 1. The lowest BCUT2D eigenvalue weighted by molar-refractivity contribution is 0.0994. The Kier molecular flexibility index (Phi) is 2.07. The van der Waals surface area contributed by atoms with Gasteiger partial charge in [0.05, 0.1) is 5.52 Å². The first-order valence-electron chi connectivity index (χ1n) is 4.18. The van der Waals surface area contributed by atoms with Crippen molar-refractivity contribution in [2.24, 2.45) is 5.73 Å². The number of pyridine rings is 1. The molecule has 0 saturated carbocycles. The van der Waals surface area contributed by atoms with Gasteiger partial charge in [-0.2, -0.15) is 0 Å². The highest BCUT2D eigenvalue weighted by Crippen LogP contribution is 2.27. The molecule has 0 fully saturated rings. The molecular weight excluding hydrogens is 244 g/mol. The standard InChI is InChI=1S/C10H9BrN2O/c1-6-8(11)7-4-2-3-5-13(7)9(6)10(12)14/h2-5H,1H3,(H2,12,14). The van der Waals surface area contributed by atoms with Crippen molar-refractivity contribution in [2.45, 2.75) is 6.92 Å². The molecule has 0 aliphatic rings. The van der Waals surface area contributed by atoms with E-state index < -0.39 is 5.91 Å². The Bertz CT molecular complexity index is 516. The van der Waals surface area contributed by atoms with Crippen molar-refractivity contribution < 1.29 is 4.79 Å². The maximum absolute atomic E-state index is 11.2. The van der Waals surface area contributed by atoms with Gasteiger partial charge in [0.25, 0.3) is 5.91 Å². The molecule has 2 rings (SSSR count). The van der Waals surface area contributed by atoms with Crippen LogP contribution < -0.4 is 5.73 Å². The third-order valence-corrected chi connectivity index (χ3v) is 3.24.